The van der Waals surface area contributed by atoms with E-state index in [0.29, 0.717) is 0 Å². The van der Waals surface area contributed by atoms with Gasteiger partial charge in [0.25, 0.3) is 0 Å². The second-order valence-corrected chi connectivity index (χ2v) is 4.84. The third-order valence-corrected chi connectivity index (χ3v) is 3.44. The summed E-state index contributed by atoms with van der Waals surface area (Å²) in [6.07, 6.45) is 4.79. The number of nitrogens with one attached hydrogen (secondary N) is 1. The lowest BCUT2D eigenvalue weighted by Crippen LogP contribution is -2.19. The van der Waals surface area contributed by atoms with E-state index >= 15 is 0 Å². The molecule has 0 aliphatic heterocycles. The molecule has 1 aromatic carbocycles. The van der Waals surface area contributed by atoms with Crippen molar-refractivity contribution in [3.05, 3.63) is 59.4 Å². The Bertz CT molecular complexity index is 543. The quantitative estimate of drug-likeness (QED) is 0.848. The van der Waals surface area contributed by atoms with E-state index in [-0.39, 0.29) is 18.2 Å². The molecule has 0 fully saturated rings. The molecular formula is C16H20F2N2. The van der Waals surface area contributed by atoms with Crippen LogP contribution in [-0.2, 0) is 6.54 Å². The van der Waals surface area contributed by atoms with Crippen LogP contribution in [0.15, 0.2) is 36.7 Å². The van der Waals surface area contributed by atoms with Gasteiger partial charge in [0.1, 0.15) is 11.6 Å². The van der Waals surface area contributed by atoms with E-state index in [9.17, 15) is 8.78 Å². The van der Waals surface area contributed by atoms with Gasteiger partial charge in [-0.1, -0.05) is 19.9 Å². The van der Waals surface area contributed by atoms with Gasteiger partial charge >= 0.3 is 0 Å². The molecule has 2 nitrogen and oxygen atoms in total. The average Bonchev–Trinajstić information content (AvgIpc) is 2.89. The van der Waals surface area contributed by atoms with Crippen LogP contribution in [-0.4, -0.2) is 11.1 Å². The minimum absolute atomic E-state index is 0.103. The summed E-state index contributed by atoms with van der Waals surface area (Å²) >= 11 is 0. The number of rotatable bonds is 6. The van der Waals surface area contributed by atoms with E-state index in [0.717, 1.165) is 18.5 Å². The summed E-state index contributed by atoms with van der Waals surface area (Å²) in [5.74, 6) is -1.00. The van der Waals surface area contributed by atoms with Crippen LogP contribution in [0, 0.1) is 11.6 Å². The molecule has 2 aromatic rings. The maximum absolute atomic E-state index is 13.6. The van der Waals surface area contributed by atoms with Crippen molar-refractivity contribution in [2.24, 2.45) is 0 Å². The Hall–Kier alpha value is -1.68. The maximum Gasteiger partial charge on any atom is 0.131 e. The molecule has 1 aromatic heterocycles. The summed E-state index contributed by atoms with van der Waals surface area (Å²) in [6.45, 7) is 5.28. The standard InChI is InChI=1S/C16H20F2N2/c1-3-16(19-4-2)12-8-9-20(10-12)11-13-14(17)6-5-7-15(13)18/h5-10,16,19H,3-4,11H2,1-2H3. The fraction of sp³-hybridized carbons (Fsp3) is 0.375. The van der Waals surface area contributed by atoms with Crippen LogP contribution in [0.2, 0.25) is 0 Å². The zero-order chi connectivity index (χ0) is 14.5. The Balaban J connectivity index is 2.17. The van der Waals surface area contributed by atoms with Gasteiger partial charge in [-0.15, -0.1) is 0 Å². The number of aromatic nitrogens is 1. The first-order chi connectivity index (χ1) is 9.65. The van der Waals surface area contributed by atoms with Crippen LogP contribution < -0.4 is 5.32 Å². The molecule has 0 aliphatic rings. The molecule has 0 saturated heterocycles. The number of hydrogen-bond donors (Lipinski definition) is 1. The Labute approximate surface area is 118 Å². The van der Waals surface area contributed by atoms with Gasteiger partial charge in [0.15, 0.2) is 0 Å². The highest BCUT2D eigenvalue weighted by Gasteiger charge is 2.12. The summed E-state index contributed by atoms with van der Waals surface area (Å²) in [4.78, 5) is 0. The first kappa shape index (κ1) is 14.7. The predicted octanol–water partition coefficient (Wildman–Crippen LogP) is 3.88. The molecule has 0 amide bonds. The number of hydrogen-bond acceptors (Lipinski definition) is 1. The zero-order valence-electron chi connectivity index (χ0n) is 11.9. The molecule has 0 saturated carbocycles. The molecule has 108 valence electrons. The number of nitrogens with zero attached hydrogens (tertiary/aromatic N) is 1. The highest BCUT2D eigenvalue weighted by atomic mass is 19.1. The van der Waals surface area contributed by atoms with Gasteiger partial charge in [0.2, 0.25) is 0 Å². The van der Waals surface area contributed by atoms with Crippen LogP contribution in [0.25, 0.3) is 0 Å². The SMILES string of the molecule is CCNC(CC)c1ccn(Cc2c(F)cccc2F)c1. The molecule has 2 rings (SSSR count). The van der Waals surface area contributed by atoms with E-state index in [1.54, 1.807) is 0 Å². The molecule has 1 atom stereocenters. The zero-order valence-corrected chi connectivity index (χ0v) is 11.9. The highest BCUT2D eigenvalue weighted by molar-refractivity contribution is 5.22. The smallest absolute Gasteiger partial charge is 0.131 e. The van der Waals surface area contributed by atoms with Gasteiger partial charge in [0, 0.05) is 24.0 Å². The van der Waals surface area contributed by atoms with Gasteiger partial charge in [-0.05, 0) is 36.7 Å². The van der Waals surface area contributed by atoms with Crippen LogP contribution >= 0.6 is 0 Å². The second-order valence-electron chi connectivity index (χ2n) is 4.84. The second kappa shape index (κ2) is 6.66. The summed E-state index contributed by atoms with van der Waals surface area (Å²) < 4.78 is 29.1. The molecule has 0 aliphatic carbocycles. The van der Waals surface area contributed by atoms with Gasteiger partial charge < -0.3 is 9.88 Å². The summed E-state index contributed by atoms with van der Waals surface area (Å²) in [6, 6.07) is 6.24. The molecule has 20 heavy (non-hydrogen) atoms. The maximum atomic E-state index is 13.6. The van der Waals surface area contributed by atoms with Gasteiger partial charge in [0.05, 0.1) is 6.54 Å². The third-order valence-electron chi connectivity index (χ3n) is 3.44. The molecule has 1 heterocycles. The van der Waals surface area contributed by atoms with Crippen molar-refractivity contribution in [3.8, 4) is 0 Å². The molecule has 4 heteroatoms. The Morgan fingerprint density at radius 1 is 1.15 bits per heavy atom. The molecular weight excluding hydrogens is 258 g/mol. The van der Waals surface area contributed by atoms with Crippen LogP contribution in [0.5, 0.6) is 0 Å². The Kier molecular flexibility index (Phi) is 4.90. The Morgan fingerprint density at radius 2 is 1.85 bits per heavy atom. The minimum Gasteiger partial charge on any atom is -0.349 e. The summed E-state index contributed by atoms with van der Waals surface area (Å²) in [5.41, 5.74) is 1.25. The molecule has 0 bridgehead atoms. The van der Waals surface area contributed by atoms with Crippen molar-refractivity contribution < 1.29 is 8.78 Å². The number of halogens is 2. The fourth-order valence-electron chi connectivity index (χ4n) is 2.37. The highest BCUT2D eigenvalue weighted by Crippen LogP contribution is 2.19. The Morgan fingerprint density at radius 3 is 2.45 bits per heavy atom. The monoisotopic (exact) mass is 278 g/mol. The first-order valence-electron chi connectivity index (χ1n) is 6.97. The summed E-state index contributed by atoms with van der Waals surface area (Å²) in [7, 11) is 0. The van der Waals surface area contributed by atoms with Crippen molar-refractivity contribution in [1.29, 1.82) is 0 Å². The van der Waals surface area contributed by atoms with Crippen LogP contribution in [0.3, 0.4) is 0 Å². The minimum atomic E-state index is -0.501. The van der Waals surface area contributed by atoms with Crippen LogP contribution in [0.4, 0.5) is 8.78 Å². The largest absolute Gasteiger partial charge is 0.349 e. The van der Waals surface area contributed by atoms with E-state index in [2.05, 4.69) is 19.2 Å². The van der Waals surface area contributed by atoms with Crippen molar-refractivity contribution in [1.82, 2.24) is 9.88 Å². The van der Waals surface area contributed by atoms with Crippen molar-refractivity contribution in [2.75, 3.05) is 6.54 Å². The predicted molar refractivity (Wildman–Crippen MR) is 76.6 cm³/mol. The van der Waals surface area contributed by atoms with Crippen molar-refractivity contribution >= 4 is 0 Å². The van der Waals surface area contributed by atoms with Crippen molar-refractivity contribution in [3.63, 3.8) is 0 Å². The van der Waals surface area contributed by atoms with Gasteiger partial charge in [-0.25, -0.2) is 8.78 Å². The lowest BCUT2D eigenvalue weighted by Gasteiger charge is -2.14. The topological polar surface area (TPSA) is 17.0 Å². The fourth-order valence-corrected chi connectivity index (χ4v) is 2.37. The van der Waals surface area contributed by atoms with Crippen LogP contribution in [0.1, 0.15) is 37.4 Å². The third kappa shape index (κ3) is 3.25. The van der Waals surface area contributed by atoms with Crippen molar-refractivity contribution in [2.45, 2.75) is 32.9 Å². The normalized spacial score (nSPS) is 12.6. The van der Waals surface area contributed by atoms with E-state index < -0.39 is 11.6 Å². The summed E-state index contributed by atoms with van der Waals surface area (Å²) in [5, 5.41) is 3.39. The molecule has 0 radical (unpaired) electrons. The first-order valence-corrected chi connectivity index (χ1v) is 6.97. The van der Waals surface area contributed by atoms with E-state index in [4.69, 9.17) is 0 Å². The van der Waals surface area contributed by atoms with E-state index in [1.807, 2.05) is 23.0 Å². The van der Waals surface area contributed by atoms with Gasteiger partial charge in [-0.2, -0.15) is 0 Å². The molecule has 1 unspecified atom stereocenters. The lowest BCUT2D eigenvalue weighted by atomic mass is 10.1. The molecule has 1 N–H and O–H groups in total. The molecule has 0 spiro atoms. The van der Waals surface area contributed by atoms with Gasteiger partial charge in [-0.3, -0.25) is 0 Å². The number of benzene rings is 1. The van der Waals surface area contributed by atoms with E-state index in [1.165, 1.54) is 18.2 Å². The lowest BCUT2D eigenvalue weighted by molar-refractivity contribution is 0.532. The average molecular weight is 278 g/mol.